The van der Waals surface area contributed by atoms with Crippen LogP contribution in [-0.2, 0) is 9.59 Å². The molecule has 0 saturated heterocycles. The summed E-state index contributed by atoms with van der Waals surface area (Å²) in [6, 6.07) is 0. The number of aliphatic carboxylic acids is 2. The fourth-order valence-corrected chi connectivity index (χ4v) is 11.8. The largest absolute Gasteiger partial charge is 0.481 e. The molecule has 12 unspecified atom stereocenters. The van der Waals surface area contributed by atoms with Gasteiger partial charge in [-0.2, -0.15) is 0 Å². The monoisotopic (exact) mass is 486 g/mol. The van der Waals surface area contributed by atoms with Crippen molar-refractivity contribution in [3.63, 3.8) is 0 Å². The normalized spacial score (nSPS) is 55.1. The Morgan fingerprint density at radius 2 is 1.49 bits per heavy atom. The number of allylic oxidation sites excluding steroid dienone is 1. The minimum Gasteiger partial charge on any atom is -0.481 e. The average Bonchev–Trinajstić information content (AvgIpc) is 3.17. The smallest absolute Gasteiger partial charge is 0.312 e. The molecule has 0 heterocycles. The van der Waals surface area contributed by atoms with E-state index in [0.29, 0.717) is 36.0 Å². The zero-order valence-corrected chi connectivity index (χ0v) is 22.3. The van der Waals surface area contributed by atoms with Crippen LogP contribution in [0.1, 0.15) is 92.4 Å². The second kappa shape index (κ2) is 7.82. The Bertz CT molecular complexity index is 943. The molecule has 5 rings (SSSR count). The van der Waals surface area contributed by atoms with Gasteiger partial charge in [0.2, 0.25) is 0 Å². The van der Waals surface area contributed by atoms with Crippen molar-refractivity contribution in [3.8, 4) is 0 Å². The molecule has 5 saturated carbocycles. The van der Waals surface area contributed by atoms with E-state index >= 15 is 0 Å². The molecule has 5 fully saturated rings. The Morgan fingerprint density at radius 1 is 0.829 bits per heavy atom. The summed E-state index contributed by atoms with van der Waals surface area (Å²) in [6.45, 7) is 15.3. The van der Waals surface area contributed by atoms with Gasteiger partial charge in [-0.3, -0.25) is 9.59 Å². The van der Waals surface area contributed by atoms with E-state index in [-0.39, 0.29) is 22.7 Å². The van der Waals surface area contributed by atoms with Gasteiger partial charge in [0.25, 0.3) is 0 Å². The third kappa shape index (κ3) is 3.03. The van der Waals surface area contributed by atoms with E-state index in [1.54, 1.807) is 6.92 Å². The third-order valence-corrected chi connectivity index (χ3v) is 13.0. The lowest BCUT2D eigenvalue weighted by atomic mass is 9.35. The molecule has 0 bridgehead atoms. The number of aliphatic hydroxyl groups excluding tert-OH is 1. The summed E-state index contributed by atoms with van der Waals surface area (Å²) in [5, 5.41) is 31.6. The summed E-state index contributed by atoms with van der Waals surface area (Å²) in [7, 11) is 0. The van der Waals surface area contributed by atoms with Crippen LogP contribution >= 0.6 is 0 Å². The molecule has 5 nitrogen and oxygen atoms in total. The highest BCUT2D eigenvalue weighted by Crippen LogP contribution is 2.74. The van der Waals surface area contributed by atoms with E-state index < -0.39 is 28.9 Å². The second-order valence-corrected chi connectivity index (χ2v) is 14.2. The molecule has 0 aromatic rings. The maximum atomic E-state index is 12.8. The predicted molar refractivity (Wildman–Crippen MR) is 135 cm³/mol. The van der Waals surface area contributed by atoms with Crippen molar-refractivity contribution in [1.29, 1.82) is 0 Å². The van der Waals surface area contributed by atoms with Crippen LogP contribution in [0.5, 0.6) is 0 Å². The molecule has 5 aliphatic carbocycles. The van der Waals surface area contributed by atoms with Crippen molar-refractivity contribution in [2.24, 2.45) is 63.1 Å². The molecule has 0 radical (unpaired) electrons. The SMILES string of the molecule is C=C(C)C1CCC2(C(=O)O)CC(C)C3C(CCC4C3(C)CCC3C4(C)CCC(O)C3(C)C(=O)O)C12. The van der Waals surface area contributed by atoms with Crippen LogP contribution < -0.4 is 0 Å². The molecule has 0 aromatic heterocycles. The molecule has 35 heavy (non-hydrogen) atoms. The van der Waals surface area contributed by atoms with Gasteiger partial charge in [-0.1, -0.05) is 32.9 Å². The standard InChI is InChI=1S/C30H46O5/c1-16(2)18-9-14-30(26(34)35)15-17(3)23-19(24(18)30)7-8-20-27(4)13-11-22(31)29(6,25(32)33)21(27)10-12-28(20,23)5/h17-24,31H,1,7-15H2,2-6H3,(H,32,33)(H,34,35). The molecule has 0 spiro atoms. The minimum absolute atomic E-state index is 0.0301. The van der Waals surface area contributed by atoms with Gasteiger partial charge in [-0.05, 0) is 124 Å². The highest BCUT2D eigenvalue weighted by molar-refractivity contribution is 5.76. The molecule has 0 amide bonds. The topological polar surface area (TPSA) is 94.8 Å². The first-order valence-electron chi connectivity index (χ1n) is 14.1. The average molecular weight is 487 g/mol. The number of hydrogen-bond acceptors (Lipinski definition) is 3. The number of hydrogen-bond donors (Lipinski definition) is 3. The van der Waals surface area contributed by atoms with E-state index in [0.717, 1.165) is 56.9 Å². The van der Waals surface area contributed by atoms with Gasteiger partial charge in [0, 0.05) is 0 Å². The fraction of sp³-hybridized carbons (Fsp3) is 0.867. The maximum Gasteiger partial charge on any atom is 0.312 e. The van der Waals surface area contributed by atoms with Gasteiger partial charge < -0.3 is 15.3 Å². The molecule has 196 valence electrons. The Hall–Kier alpha value is -1.36. The zero-order valence-electron chi connectivity index (χ0n) is 22.3. The summed E-state index contributed by atoms with van der Waals surface area (Å²) < 4.78 is 0. The highest BCUT2D eigenvalue weighted by Gasteiger charge is 2.71. The van der Waals surface area contributed by atoms with E-state index in [9.17, 15) is 24.9 Å². The van der Waals surface area contributed by atoms with Crippen LogP contribution in [0.3, 0.4) is 0 Å². The van der Waals surface area contributed by atoms with Gasteiger partial charge in [0.1, 0.15) is 0 Å². The lowest BCUT2D eigenvalue weighted by Crippen LogP contribution is -2.66. The Morgan fingerprint density at radius 3 is 2.09 bits per heavy atom. The van der Waals surface area contributed by atoms with Crippen molar-refractivity contribution in [1.82, 2.24) is 0 Å². The van der Waals surface area contributed by atoms with E-state index in [1.165, 1.54) is 0 Å². The molecular formula is C30H46O5. The molecular weight excluding hydrogens is 440 g/mol. The summed E-state index contributed by atoms with van der Waals surface area (Å²) in [5.41, 5.74) is -0.617. The van der Waals surface area contributed by atoms with Crippen molar-refractivity contribution in [3.05, 3.63) is 12.2 Å². The Labute approximate surface area is 210 Å². The van der Waals surface area contributed by atoms with Gasteiger partial charge >= 0.3 is 11.9 Å². The Kier molecular flexibility index (Phi) is 5.65. The van der Waals surface area contributed by atoms with Crippen LogP contribution in [0.4, 0.5) is 0 Å². The molecule has 0 aromatic carbocycles. The lowest BCUT2D eigenvalue weighted by molar-refractivity contribution is -0.233. The first-order chi connectivity index (χ1) is 16.2. The lowest BCUT2D eigenvalue weighted by Gasteiger charge is -2.69. The highest BCUT2D eigenvalue weighted by atomic mass is 16.4. The van der Waals surface area contributed by atoms with Gasteiger partial charge in [-0.15, -0.1) is 0 Å². The number of carbonyl (C=O) groups is 2. The van der Waals surface area contributed by atoms with Crippen LogP contribution in [-0.4, -0.2) is 33.4 Å². The minimum atomic E-state index is -1.10. The van der Waals surface area contributed by atoms with Crippen LogP contribution in [0.2, 0.25) is 0 Å². The van der Waals surface area contributed by atoms with Crippen LogP contribution in [0.15, 0.2) is 12.2 Å². The van der Waals surface area contributed by atoms with Gasteiger partial charge in [-0.25, -0.2) is 0 Å². The number of carboxylic acid groups (broad SMARTS) is 2. The van der Waals surface area contributed by atoms with E-state index in [2.05, 4.69) is 34.3 Å². The fourth-order valence-electron chi connectivity index (χ4n) is 11.8. The second-order valence-electron chi connectivity index (χ2n) is 14.2. The quantitative estimate of drug-likeness (QED) is 0.425. The van der Waals surface area contributed by atoms with Crippen molar-refractivity contribution >= 4 is 11.9 Å². The van der Waals surface area contributed by atoms with Gasteiger partial charge in [0.05, 0.1) is 16.9 Å². The number of rotatable bonds is 3. The number of aliphatic hydroxyl groups is 1. The van der Waals surface area contributed by atoms with Crippen molar-refractivity contribution in [2.75, 3.05) is 0 Å². The summed E-state index contributed by atoms with van der Waals surface area (Å²) >= 11 is 0. The molecule has 5 aliphatic rings. The zero-order chi connectivity index (χ0) is 25.7. The first-order valence-corrected chi connectivity index (χ1v) is 14.1. The third-order valence-electron chi connectivity index (χ3n) is 13.0. The van der Waals surface area contributed by atoms with Crippen LogP contribution in [0, 0.1) is 63.1 Å². The summed E-state index contributed by atoms with van der Waals surface area (Å²) in [4.78, 5) is 25.3. The molecule has 5 heteroatoms. The van der Waals surface area contributed by atoms with Crippen molar-refractivity contribution in [2.45, 2.75) is 98.5 Å². The molecule has 0 aliphatic heterocycles. The molecule has 12 atom stereocenters. The Balaban J connectivity index is 1.56. The van der Waals surface area contributed by atoms with Crippen LogP contribution in [0.25, 0.3) is 0 Å². The predicted octanol–water partition coefficient (Wildman–Crippen LogP) is 6.01. The number of carboxylic acids is 2. The van der Waals surface area contributed by atoms with E-state index in [1.807, 2.05) is 0 Å². The first kappa shape index (κ1) is 25.3. The summed E-state index contributed by atoms with van der Waals surface area (Å²) in [5.74, 6) is 0.564. The summed E-state index contributed by atoms with van der Waals surface area (Å²) in [6.07, 6.45) is 6.99. The van der Waals surface area contributed by atoms with E-state index in [4.69, 9.17) is 0 Å². The maximum absolute atomic E-state index is 12.8. The number of fused-ring (bicyclic) bond motifs is 7. The molecule has 3 N–H and O–H groups in total. The van der Waals surface area contributed by atoms with Gasteiger partial charge in [0.15, 0.2) is 0 Å². The van der Waals surface area contributed by atoms with Crippen molar-refractivity contribution < 1.29 is 24.9 Å².